The molecule has 0 saturated carbocycles. The summed E-state index contributed by atoms with van der Waals surface area (Å²) in [5.74, 6) is 0. The number of amides is 1. The van der Waals surface area contributed by atoms with E-state index in [4.69, 9.17) is 22.4 Å². The lowest BCUT2D eigenvalue weighted by molar-refractivity contribution is 0.193. The highest BCUT2D eigenvalue weighted by molar-refractivity contribution is 6.30. The number of carboxylic acid groups (broad SMARTS) is 1. The zero-order valence-corrected chi connectivity index (χ0v) is 9.39. The molecular weight excluding hydrogens is 239 g/mol. The first kappa shape index (κ1) is 14.0. The smallest absolute Gasteiger partial charge is 0.404 e. The van der Waals surface area contributed by atoms with E-state index < -0.39 is 6.09 Å². The highest BCUT2D eigenvalue weighted by atomic mass is 35.5. The van der Waals surface area contributed by atoms with Crippen molar-refractivity contribution in [3.8, 4) is 0 Å². The van der Waals surface area contributed by atoms with Crippen LogP contribution >= 0.6 is 24.0 Å². The van der Waals surface area contributed by atoms with Crippen LogP contribution in [0.3, 0.4) is 0 Å². The van der Waals surface area contributed by atoms with Crippen molar-refractivity contribution in [2.24, 2.45) is 5.73 Å². The molecule has 0 heterocycles. The molecule has 4 N–H and O–H groups in total. The maximum Gasteiger partial charge on any atom is 0.404 e. The molecule has 6 heteroatoms. The van der Waals surface area contributed by atoms with Crippen LogP contribution in [0.4, 0.5) is 4.79 Å². The molecule has 0 spiro atoms. The maximum atomic E-state index is 10.2. The van der Waals surface area contributed by atoms with Crippen molar-refractivity contribution in [1.82, 2.24) is 5.32 Å². The minimum atomic E-state index is -1.08. The van der Waals surface area contributed by atoms with Gasteiger partial charge in [-0.1, -0.05) is 23.7 Å². The quantitative estimate of drug-likeness (QED) is 0.769. The highest BCUT2D eigenvalue weighted by Crippen LogP contribution is 2.15. The summed E-state index contributed by atoms with van der Waals surface area (Å²) in [6.45, 7) is 0.176. The number of halogens is 2. The normalized spacial score (nSPS) is 11.3. The van der Waals surface area contributed by atoms with Crippen molar-refractivity contribution >= 4 is 30.1 Å². The lowest BCUT2D eigenvalue weighted by Crippen LogP contribution is -2.30. The van der Waals surface area contributed by atoms with Gasteiger partial charge in [0.15, 0.2) is 0 Å². The van der Waals surface area contributed by atoms with E-state index in [-0.39, 0.29) is 25.0 Å². The Morgan fingerprint density at radius 1 is 1.60 bits per heavy atom. The average Bonchev–Trinajstić information content (AvgIpc) is 2.14. The van der Waals surface area contributed by atoms with Crippen LogP contribution in [-0.4, -0.2) is 17.7 Å². The summed E-state index contributed by atoms with van der Waals surface area (Å²) in [5, 5.41) is 11.2. The van der Waals surface area contributed by atoms with Crippen LogP contribution in [0.25, 0.3) is 0 Å². The molecule has 0 bridgehead atoms. The van der Waals surface area contributed by atoms with Crippen LogP contribution in [0.1, 0.15) is 11.6 Å². The largest absolute Gasteiger partial charge is 0.465 e. The first-order valence-electron chi connectivity index (χ1n) is 4.07. The Kier molecular flexibility index (Phi) is 6.08. The van der Waals surface area contributed by atoms with E-state index in [2.05, 4.69) is 5.32 Å². The van der Waals surface area contributed by atoms with E-state index in [9.17, 15) is 4.79 Å². The van der Waals surface area contributed by atoms with Gasteiger partial charge >= 0.3 is 6.09 Å². The minimum Gasteiger partial charge on any atom is -0.465 e. The molecule has 15 heavy (non-hydrogen) atoms. The number of hydrogen-bond donors (Lipinski definition) is 3. The van der Waals surface area contributed by atoms with Crippen molar-refractivity contribution in [2.75, 3.05) is 6.54 Å². The molecule has 1 atom stereocenters. The van der Waals surface area contributed by atoms with E-state index in [0.717, 1.165) is 5.56 Å². The Hall–Kier alpha value is -0.970. The van der Waals surface area contributed by atoms with E-state index in [1.54, 1.807) is 24.3 Å². The molecule has 1 unspecified atom stereocenters. The van der Waals surface area contributed by atoms with Gasteiger partial charge in [-0.3, -0.25) is 0 Å². The molecule has 0 aliphatic rings. The van der Waals surface area contributed by atoms with Gasteiger partial charge in [0.25, 0.3) is 0 Å². The van der Waals surface area contributed by atoms with Gasteiger partial charge in [0, 0.05) is 17.6 Å². The molecule has 1 aromatic carbocycles. The van der Waals surface area contributed by atoms with Crippen molar-refractivity contribution < 1.29 is 9.90 Å². The number of nitrogens with two attached hydrogens (primary N) is 1. The SMILES string of the molecule is Cl.NC(CNC(=O)O)c1cccc(Cl)c1. The summed E-state index contributed by atoms with van der Waals surface area (Å²) < 4.78 is 0. The predicted molar refractivity (Wildman–Crippen MR) is 61.7 cm³/mol. The lowest BCUT2D eigenvalue weighted by atomic mass is 10.1. The van der Waals surface area contributed by atoms with E-state index in [0.29, 0.717) is 5.02 Å². The van der Waals surface area contributed by atoms with E-state index >= 15 is 0 Å². The molecule has 0 fully saturated rings. The average molecular weight is 251 g/mol. The molecule has 0 radical (unpaired) electrons. The van der Waals surface area contributed by atoms with Crippen LogP contribution in [0.5, 0.6) is 0 Å². The van der Waals surface area contributed by atoms with Crippen molar-refractivity contribution in [3.05, 3.63) is 34.9 Å². The second kappa shape index (κ2) is 6.50. The van der Waals surface area contributed by atoms with Gasteiger partial charge in [0.1, 0.15) is 0 Å². The predicted octanol–water partition coefficient (Wildman–Crippen LogP) is 2.03. The van der Waals surface area contributed by atoms with Gasteiger partial charge in [-0.15, -0.1) is 12.4 Å². The Labute approximate surface area is 98.8 Å². The topological polar surface area (TPSA) is 75.3 Å². The number of benzene rings is 1. The van der Waals surface area contributed by atoms with E-state index in [1.165, 1.54) is 0 Å². The Balaban J connectivity index is 0.00000196. The van der Waals surface area contributed by atoms with Crippen LogP contribution < -0.4 is 11.1 Å². The van der Waals surface area contributed by atoms with Gasteiger partial charge in [0.05, 0.1) is 0 Å². The summed E-state index contributed by atoms with van der Waals surface area (Å²) >= 11 is 5.76. The molecule has 1 rings (SSSR count). The summed E-state index contributed by atoms with van der Waals surface area (Å²) in [4.78, 5) is 10.2. The molecule has 1 aromatic rings. The molecule has 84 valence electrons. The van der Waals surface area contributed by atoms with Crippen LogP contribution in [0.2, 0.25) is 5.02 Å². The summed E-state index contributed by atoms with van der Waals surface area (Å²) in [6, 6.07) is 6.67. The Morgan fingerprint density at radius 3 is 2.80 bits per heavy atom. The zero-order chi connectivity index (χ0) is 10.6. The Morgan fingerprint density at radius 2 is 2.27 bits per heavy atom. The fourth-order valence-corrected chi connectivity index (χ4v) is 1.25. The molecule has 0 saturated heterocycles. The maximum absolute atomic E-state index is 10.2. The standard InChI is InChI=1S/C9H11ClN2O2.ClH/c10-7-3-1-2-6(4-7)8(11)5-12-9(13)14;/h1-4,8,12H,5,11H2,(H,13,14);1H. The van der Waals surface area contributed by atoms with Gasteiger partial charge in [0.2, 0.25) is 0 Å². The number of nitrogens with one attached hydrogen (secondary N) is 1. The number of carbonyl (C=O) groups is 1. The first-order chi connectivity index (χ1) is 6.59. The second-order valence-electron chi connectivity index (χ2n) is 2.85. The monoisotopic (exact) mass is 250 g/mol. The lowest BCUT2D eigenvalue weighted by Gasteiger charge is -2.11. The fraction of sp³-hybridized carbons (Fsp3) is 0.222. The number of hydrogen-bond acceptors (Lipinski definition) is 2. The highest BCUT2D eigenvalue weighted by Gasteiger charge is 2.07. The molecule has 1 amide bonds. The molecular formula is C9H12Cl2N2O2. The molecule has 0 aliphatic heterocycles. The Bertz CT molecular complexity index is 334. The minimum absolute atomic E-state index is 0. The summed E-state index contributed by atoms with van der Waals surface area (Å²) in [5.41, 5.74) is 6.54. The van der Waals surface area contributed by atoms with Crippen molar-refractivity contribution in [2.45, 2.75) is 6.04 Å². The van der Waals surface area contributed by atoms with Gasteiger partial charge in [-0.25, -0.2) is 4.79 Å². The zero-order valence-electron chi connectivity index (χ0n) is 7.81. The molecule has 0 aromatic heterocycles. The van der Waals surface area contributed by atoms with Crippen molar-refractivity contribution in [1.29, 1.82) is 0 Å². The van der Waals surface area contributed by atoms with Gasteiger partial charge in [-0.05, 0) is 17.7 Å². The van der Waals surface area contributed by atoms with Crippen LogP contribution in [-0.2, 0) is 0 Å². The van der Waals surface area contributed by atoms with Gasteiger partial charge in [-0.2, -0.15) is 0 Å². The van der Waals surface area contributed by atoms with Crippen LogP contribution in [0, 0.1) is 0 Å². The van der Waals surface area contributed by atoms with E-state index in [1.807, 2.05) is 0 Å². The summed E-state index contributed by atoms with van der Waals surface area (Å²) in [6.07, 6.45) is -1.08. The molecule has 4 nitrogen and oxygen atoms in total. The first-order valence-corrected chi connectivity index (χ1v) is 4.45. The van der Waals surface area contributed by atoms with Crippen molar-refractivity contribution in [3.63, 3.8) is 0 Å². The molecule has 0 aliphatic carbocycles. The third kappa shape index (κ3) is 4.88. The number of rotatable bonds is 3. The second-order valence-corrected chi connectivity index (χ2v) is 3.28. The third-order valence-corrected chi connectivity index (χ3v) is 1.99. The summed E-state index contributed by atoms with van der Waals surface area (Å²) in [7, 11) is 0. The van der Waals surface area contributed by atoms with Crippen LogP contribution in [0.15, 0.2) is 24.3 Å². The fourth-order valence-electron chi connectivity index (χ4n) is 1.05. The third-order valence-electron chi connectivity index (χ3n) is 1.75. The van der Waals surface area contributed by atoms with Gasteiger partial charge < -0.3 is 16.2 Å².